The van der Waals surface area contributed by atoms with E-state index in [-0.39, 0.29) is 11.5 Å². The first-order chi connectivity index (χ1) is 11.2. The number of nitrogens with one attached hydrogen (secondary N) is 2. The van der Waals surface area contributed by atoms with Crippen molar-refractivity contribution in [1.82, 2.24) is 15.3 Å². The van der Waals surface area contributed by atoms with Crippen LogP contribution in [0.3, 0.4) is 0 Å². The van der Waals surface area contributed by atoms with Gasteiger partial charge in [-0.2, -0.15) is 0 Å². The van der Waals surface area contributed by atoms with Crippen molar-refractivity contribution in [2.75, 3.05) is 6.54 Å². The van der Waals surface area contributed by atoms with Gasteiger partial charge in [0.1, 0.15) is 5.82 Å². The topological polar surface area (TPSA) is 74.8 Å². The van der Waals surface area contributed by atoms with Crippen molar-refractivity contribution in [2.24, 2.45) is 5.92 Å². The molecule has 23 heavy (non-hydrogen) atoms. The second kappa shape index (κ2) is 7.40. The highest BCUT2D eigenvalue weighted by Gasteiger charge is 2.15. The first-order valence-corrected chi connectivity index (χ1v) is 8.47. The number of nitrogens with zero attached hydrogens (tertiary/aromatic N) is 1. The van der Waals surface area contributed by atoms with Crippen LogP contribution in [0.15, 0.2) is 29.1 Å². The standard InChI is InChI=1S/C18H23N3O2/c22-17(10-9-13-5-1-2-6-13)19-12-11-16-20-15-8-4-3-7-14(15)18(23)21-16/h3-4,7-8,13H,1-2,5-6,9-12H2,(H,19,22)(H,20,21,23). The van der Waals surface area contributed by atoms with Crippen LogP contribution in [0.4, 0.5) is 0 Å². The summed E-state index contributed by atoms with van der Waals surface area (Å²) in [6, 6.07) is 7.27. The predicted molar refractivity (Wildman–Crippen MR) is 90.3 cm³/mol. The normalized spacial score (nSPS) is 15.1. The van der Waals surface area contributed by atoms with Crippen molar-refractivity contribution in [3.8, 4) is 0 Å². The molecule has 1 aliphatic rings. The van der Waals surface area contributed by atoms with Crippen molar-refractivity contribution in [1.29, 1.82) is 0 Å². The van der Waals surface area contributed by atoms with Gasteiger partial charge < -0.3 is 10.3 Å². The van der Waals surface area contributed by atoms with E-state index in [1.807, 2.05) is 18.2 Å². The number of fused-ring (bicyclic) bond motifs is 1. The number of rotatable bonds is 6. The highest BCUT2D eigenvalue weighted by molar-refractivity contribution is 5.77. The summed E-state index contributed by atoms with van der Waals surface area (Å²) < 4.78 is 0. The molecule has 1 heterocycles. The van der Waals surface area contributed by atoms with Gasteiger partial charge in [-0.25, -0.2) is 4.98 Å². The lowest BCUT2D eigenvalue weighted by Crippen LogP contribution is -2.27. The molecule has 5 nitrogen and oxygen atoms in total. The summed E-state index contributed by atoms with van der Waals surface area (Å²) in [6.07, 6.45) is 7.31. The maximum absolute atomic E-state index is 12.0. The first-order valence-electron chi connectivity index (χ1n) is 8.47. The molecule has 3 rings (SSSR count). The summed E-state index contributed by atoms with van der Waals surface area (Å²) in [7, 11) is 0. The van der Waals surface area contributed by atoms with Crippen LogP contribution in [0.25, 0.3) is 10.9 Å². The van der Waals surface area contributed by atoms with Crippen LogP contribution in [0.5, 0.6) is 0 Å². The van der Waals surface area contributed by atoms with Gasteiger partial charge in [-0.1, -0.05) is 37.8 Å². The number of benzene rings is 1. The van der Waals surface area contributed by atoms with Crippen LogP contribution < -0.4 is 10.9 Å². The lowest BCUT2D eigenvalue weighted by atomic mass is 10.0. The fourth-order valence-corrected chi connectivity index (χ4v) is 3.30. The van der Waals surface area contributed by atoms with E-state index in [0.29, 0.717) is 36.1 Å². The number of carbonyl (C=O) groups excluding carboxylic acids is 1. The van der Waals surface area contributed by atoms with E-state index in [4.69, 9.17) is 0 Å². The molecule has 1 aromatic carbocycles. The number of aromatic amines is 1. The molecule has 0 unspecified atom stereocenters. The van der Waals surface area contributed by atoms with Crippen molar-refractivity contribution >= 4 is 16.8 Å². The molecule has 0 aliphatic heterocycles. The third kappa shape index (κ3) is 4.18. The zero-order chi connectivity index (χ0) is 16.1. The summed E-state index contributed by atoms with van der Waals surface area (Å²) in [4.78, 5) is 31.0. The minimum Gasteiger partial charge on any atom is -0.356 e. The van der Waals surface area contributed by atoms with Crippen LogP contribution in [0.1, 0.15) is 44.3 Å². The molecule has 1 aliphatic carbocycles. The Bertz CT molecular complexity index is 732. The number of amides is 1. The Kier molecular flexibility index (Phi) is 5.05. The average molecular weight is 313 g/mol. The number of para-hydroxylation sites is 1. The van der Waals surface area contributed by atoms with Gasteiger partial charge in [-0.3, -0.25) is 9.59 Å². The summed E-state index contributed by atoms with van der Waals surface area (Å²) >= 11 is 0. The monoisotopic (exact) mass is 313 g/mol. The zero-order valence-electron chi connectivity index (χ0n) is 13.3. The Hall–Kier alpha value is -2.17. The molecule has 2 N–H and O–H groups in total. The van der Waals surface area contributed by atoms with E-state index in [2.05, 4.69) is 15.3 Å². The molecule has 2 aromatic rings. The maximum atomic E-state index is 12.0. The van der Waals surface area contributed by atoms with Crippen LogP contribution in [-0.4, -0.2) is 22.4 Å². The number of H-pyrrole nitrogens is 1. The third-order valence-corrected chi connectivity index (χ3v) is 4.60. The predicted octanol–water partition coefficient (Wildman–Crippen LogP) is 2.55. The average Bonchev–Trinajstić information content (AvgIpc) is 3.06. The Labute approximate surface area is 135 Å². The van der Waals surface area contributed by atoms with Crippen LogP contribution in [-0.2, 0) is 11.2 Å². The van der Waals surface area contributed by atoms with Gasteiger partial charge in [0, 0.05) is 19.4 Å². The van der Waals surface area contributed by atoms with E-state index < -0.39 is 0 Å². The van der Waals surface area contributed by atoms with Crippen molar-refractivity contribution < 1.29 is 4.79 Å². The quantitative estimate of drug-likeness (QED) is 0.860. The number of carbonyl (C=O) groups is 1. The van der Waals surface area contributed by atoms with Gasteiger partial charge in [-0.05, 0) is 24.5 Å². The molecule has 1 saturated carbocycles. The molecule has 122 valence electrons. The van der Waals surface area contributed by atoms with Crippen molar-refractivity contribution in [2.45, 2.75) is 44.9 Å². The molecule has 1 amide bonds. The van der Waals surface area contributed by atoms with Gasteiger partial charge >= 0.3 is 0 Å². The molecule has 1 fully saturated rings. The summed E-state index contributed by atoms with van der Waals surface area (Å²) in [6.45, 7) is 0.505. The summed E-state index contributed by atoms with van der Waals surface area (Å²) in [5.74, 6) is 1.45. The fourth-order valence-electron chi connectivity index (χ4n) is 3.30. The smallest absolute Gasteiger partial charge is 0.258 e. The lowest BCUT2D eigenvalue weighted by molar-refractivity contribution is -0.121. The number of aromatic nitrogens is 2. The summed E-state index contributed by atoms with van der Waals surface area (Å²) in [5, 5.41) is 3.52. The molecule has 5 heteroatoms. The van der Waals surface area contributed by atoms with Gasteiger partial charge in [0.05, 0.1) is 10.9 Å². The molecule has 0 bridgehead atoms. The van der Waals surface area contributed by atoms with E-state index in [9.17, 15) is 9.59 Å². The van der Waals surface area contributed by atoms with Gasteiger partial charge in [0.25, 0.3) is 5.56 Å². The van der Waals surface area contributed by atoms with E-state index >= 15 is 0 Å². The van der Waals surface area contributed by atoms with Gasteiger partial charge in [0.15, 0.2) is 0 Å². The summed E-state index contributed by atoms with van der Waals surface area (Å²) in [5.41, 5.74) is 0.567. The van der Waals surface area contributed by atoms with E-state index in [1.54, 1.807) is 6.07 Å². The number of hydrogen-bond donors (Lipinski definition) is 2. The van der Waals surface area contributed by atoms with Gasteiger partial charge in [0.2, 0.25) is 5.91 Å². The lowest BCUT2D eigenvalue weighted by Gasteiger charge is -2.09. The Morgan fingerprint density at radius 2 is 2.04 bits per heavy atom. The molecule has 0 radical (unpaired) electrons. The second-order valence-electron chi connectivity index (χ2n) is 6.32. The third-order valence-electron chi connectivity index (χ3n) is 4.60. The minimum absolute atomic E-state index is 0.0973. The van der Waals surface area contributed by atoms with Crippen LogP contribution >= 0.6 is 0 Å². The largest absolute Gasteiger partial charge is 0.356 e. The molecule has 0 atom stereocenters. The second-order valence-corrected chi connectivity index (χ2v) is 6.32. The van der Waals surface area contributed by atoms with Crippen molar-refractivity contribution in [3.05, 3.63) is 40.4 Å². The Morgan fingerprint density at radius 3 is 2.87 bits per heavy atom. The molecular weight excluding hydrogens is 290 g/mol. The molecule has 0 saturated heterocycles. The first kappa shape index (κ1) is 15.7. The Balaban J connectivity index is 1.48. The SMILES string of the molecule is O=C(CCC1CCCC1)NCCc1nc2ccccc2c(=O)[nH]1. The highest BCUT2D eigenvalue weighted by atomic mass is 16.1. The molecule has 0 spiro atoms. The Morgan fingerprint density at radius 1 is 1.26 bits per heavy atom. The fraction of sp³-hybridized carbons (Fsp3) is 0.500. The van der Waals surface area contributed by atoms with E-state index in [1.165, 1.54) is 25.7 Å². The number of hydrogen-bond acceptors (Lipinski definition) is 3. The highest BCUT2D eigenvalue weighted by Crippen LogP contribution is 2.28. The maximum Gasteiger partial charge on any atom is 0.258 e. The van der Waals surface area contributed by atoms with Crippen LogP contribution in [0, 0.1) is 5.92 Å². The zero-order valence-corrected chi connectivity index (χ0v) is 13.3. The van der Waals surface area contributed by atoms with Gasteiger partial charge in [-0.15, -0.1) is 0 Å². The molecule has 1 aromatic heterocycles. The van der Waals surface area contributed by atoms with Crippen molar-refractivity contribution in [3.63, 3.8) is 0 Å². The molecular formula is C18H23N3O2. The van der Waals surface area contributed by atoms with E-state index in [0.717, 1.165) is 12.3 Å². The minimum atomic E-state index is -0.127. The van der Waals surface area contributed by atoms with Crippen LogP contribution in [0.2, 0.25) is 0 Å².